The van der Waals surface area contributed by atoms with Crippen molar-refractivity contribution in [3.8, 4) is 0 Å². The van der Waals surface area contributed by atoms with Crippen LogP contribution in [0.15, 0.2) is 23.1 Å². The first-order valence-corrected chi connectivity index (χ1v) is 8.96. The fourth-order valence-corrected chi connectivity index (χ4v) is 3.70. The average Bonchev–Trinajstić information content (AvgIpc) is 2.43. The Morgan fingerprint density at radius 3 is 2.67 bits per heavy atom. The maximum absolute atomic E-state index is 12.3. The molecular formula is C11H18N4O4S2. The molecule has 8 nitrogen and oxygen atoms in total. The predicted molar refractivity (Wildman–Crippen MR) is 83.7 cm³/mol. The highest BCUT2D eigenvalue weighted by Gasteiger charge is 2.23. The first-order chi connectivity index (χ1) is 9.81. The zero-order valence-corrected chi connectivity index (χ0v) is 13.3. The van der Waals surface area contributed by atoms with Gasteiger partial charge in [-0.15, -0.1) is 0 Å². The van der Waals surface area contributed by atoms with Gasteiger partial charge in [-0.05, 0) is 31.4 Å². The third-order valence-corrected chi connectivity index (χ3v) is 5.01. The van der Waals surface area contributed by atoms with Gasteiger partial charge in [-0.1, -0.05) is 0 Å². The summed E-state index contributed by atoms with van der Waals surface area (Å²) in [6, 6.07) is 3.15. The number of hydrogen-bond donors (Lipinski definition) is 3. The van der Waals surface area contributed by atoms with Crippen LogP contribution in [-0.4, -0.2) is 31.4 Å². The molecule has 21 heavy (non-hydrogen) atoms. The number of nitro benzene ring substituents is 1. The number of nitrogen functional groups attached to an aromatic ring is 1. The van der Waals surface area contributed by atoms with E-state index in [1.54, 1.807) is 18.7 Å². The van der Waals surface area contributed by atoms with Crippen LogP contribution in [0.5, 0.6) is 0 Å². The van der Waals surface area contributed by atoms with Crippen LogP contribution in [0.2, 0.25) is 0 Å². The molecule has 0 aromatic heterocycles. The predicted octanol–water partition coefficient (Wildman–Crippen LogP) is 1.30. The summed E-state index contributed by atoms with van der Waals surface area (Å²) in [7, 11) is -3.89. The minimum Gasteiger partial charge on any atom is -0.323 e. The third kappa shape index (κ3) is 4.84. The lowest BCUT2D eigenvalue weighted by atomic mass is 10.3. The highest BCUT2D eigenvalue weighted by atomic mass is 32.2. The Morgan fingerprint density at radius 1 is 1.48 bits per heavy atom. The van der Waals surface area contributed by atoms with Crippen LogP contribution >= 0.6 is 11.8 Å². The monoisotopic (exact) mass is 334 g/mol. The van der Waals surface area contributed by atoms with Crippen LogP contribution in [-0.2, 0) is 10.0 Å². The highest BCUT2D eigenvalue weighted by Crippen LogP contribution is 2.26. The molecule has 0 radical (unpaired) electrons. The number of anilines is 1. The summed E-state index contributed by atoms with van der Waals surface area (Å²) in [6.07, 6.45) is 2.58. The molecule has 118 valence electrons. The Kier molecular flexibility index (Phi) is 6.40. The Bertz CT molecular complexity index is 606. The number of non-ortho nitro benzene ring substituents is 1. The first-order valence-electron chi connectivity index (χ1n) is 6.08. The van der Waals surface area contributed by atoms with Gasteiger partial charge >= 0.3 is 0 Å². The molecule has 1 aromatic carbocycles. The number of rotatable bonds is 8. The van der Waals surface area contributed by atoms with Crippen molar-refractivity contribution in [3.05, 3.63) is 28.3 Å². The highest BCUT2D eigenvalue weighted by molar-refractivity contribution is 7.98. The lowest BCUT2D eigenvalue weighted by Crippen LogP contribution is -2.33. The number of hydrogen-bond acceptors (Lipinski definition) is 7. The Balaban J connectivity index is 3.11. The molecule has 1 aromatic rings. The van der Waals surface area contributed by atoms with Gasteiger partial charge in [0.05, 0.1) is 10.6 Å². The summed E-state index contributed by atoms with van der Waals surface area (Å²) in [4.78, 5) is 9.88. The van der Waals surface area contributed by atoms with E-state index in [9.17, 15) is 18.5 Å². The summed E-state index contributed by atoms with van der Waals surface area (Å²) in [6.45, 7) is 1.74. The molecule has 0 heterocycles. The lowest BCUT2D eigenvalue weighted by molar-refractivity contribution is -0.385. The SMILES string of the molecule is CSCCC(C)NS(=O)(=O)c1cc([N+](=O)[O-])ccc1NN. The molecule has 0 aliphatic carbocycles. The Labute approximate surface area is 127 Å². The van der Waals surface area contributed by atoms with Gasteiger partial charge in [0.2, 0.25) is 10.0 Å². The number of hydrazine groups is 1. The van der Waals surface area contributed by atoms with E-state index in [1.807, 2.05) is 6.26 Å². The summed E-state index contributed by atoms with van der Waals surface area (Å²) >= 11 is 1.61. The molecule has 0 spiro atoms. The van der Waals surface area contributed by atoms with E-state index in [2.05, 4.69) is 10.1 Å². The van der Waals surface area contributed by atoms with Crippen LogP contribution in [0.4, 0.5) is 11.4 Å². The standard InChI is InChI=1S/C11H18N4O4S2/c1-8(5-6-20-2)14-21(18,19)11-7-9(15(16)17)3-4-10(11)13-12/h3-4,7-8,13-14H,5-6,12H2,1-2H3. The molecule has 10 heteroatoms. The molecule has 0 bridgehead atoms. The number of benzene rings is 1. The summed E-state index contributed by atoms with van der Waals surface area (Å²) < 4.78 is 27.1. The second-order valence-corrected chi connectivity index (χ2v) is 7.05. The second kappa shape index (κ2) is 7.59. The van der Waals surface area contributed by atoms with Crippen LogP contribution in [0.1, 0.15) is 13.3 Å². The Morgan fingerprint density at radius 2 is 2.14 bits per heavy atom. The fourth-order valence-electron chi connectivity index (χ4n) is 1.65. The van der Waals surface area contributed by atoms with E-state index < -0.39 is 14.9 Å². The van der Waals surface area contributed by atoms with Crippen molar-refractivity contribution in [1.29, 1.82) is 0 Å². The molecular weight excluding hydrogens is 316 g/mol. The quantitative estimate of drug-likeness (QED) is 0.371. The fraction of sp³-hybridized carbons (Fsp3) is 0.455. The zero-order chi connectivity index (χ0) is 16.0. The van der Waals surface area contributed by atoms with E-state index in [1.165, 1.54) is 12.1 Å². The maximum atomic E-state index is 12.3. The summed E-state index contributed by atoms with van der Waals surface area (Å²) in [5.74, 6) is 6.08. The summed E-state index contributed by atoms with van der Waals surface area (Å²) in [5.41, 5.74) is 2.03. The zero-order valence-electron chi connectivity index (χ0n) is 11.7. The molecule has 0 amide bonds. The minimum atomic E-state index is -3.89. The molecule has 1 unspecified atom stereocenters. The number of thioether (sulfide) groups is 1. The normalized spacial score (nSPS) is 12.9. The van der Waals surface area contributed by atoms with Crippen molar-refractivity contribution in [2.75, 3.05) is 17.4 Å². The minimum absolute atomic E-state index is 0.102. The number of nitrogens with zero attached hydrogens (tertiary/aromatic N) is 1. The van der Waals surface area contributed by atoms with Gasteiger partial charge in [0.1, 0.15) is 4.90 Å². The van der Waals surface area contributed by atoms with E-state index >= 15 is 0 Å². The molecule has 0 saturated carbocycles. The summed E-state index contributed by atoms with van der Waals surface area (Å²) in [5, 5.41) is 10.8. The van der Waals surface area contributed by atoms with E-state index in [4.69, 9.17) is 5.84 Å². The molecule has 0 aliphatic heterocycles. The average molecular weight is 334 g/mol. The molecule has 1 rings (SSSR count). The number of nitrogens with two attached hydrogens (primary N) is 1. The van der Waals surface area contributed by atoms with Crippen LogP contribution < -0.4 is 16.0 Å². The first kappa shape index (κ1) is 17.7. The molecule has 0 saturated heterocycles. The van der Waals surface area contributed by atoms with E-state index in [0.29, 0.717) is 6.42 Å². The van der Waals surface area contributed by atoms with E-state index in [0.717, 1.165) is 11.8 Å². The van der Waals surface area contributed by atoms with Crippen molar-refractivity contribution >= 4 is 33.2 Å². The smallest absolute Gasteiger partial charge is 0.270 e. The van der Waals surface area contributed by atoms with Gasteiger partial charge in [-0.2, -0.15) is 11.8 Å². The number of nitrogens with one attached hydrogen (secondary N) is 2. The lowest BCUT2D eigenvalue weighted by Gasteiger charge is -2.15. The number of nitro groups is 1. The van der Waals surface area contributed by atoms with Crippen LogP contribution in [0.3, 0.4) is 0 Å². The molecule has 0 aliphatic rings. The van der Waals surface area contributed by atoms with Gasteiger partial charge in [-0.3, -0.25) is 16.0 Å². The molecule has 4 N–H and O–H groups in total. The maximum Gasteiger partial charge on any atom is 0.270 e. The third-order valence-electron chi connectivity index (χ3n) is 2.73. The van der Waals surface area contributed by atoms with Crippen molar-refractivity contribution in [2.24, 2.45) is 5.84 Å². The number of sulfonamides is 1. The largest absolute Gasteiger partial charge is 0.323 e. The van der Waals surface area contributed by atoms with Crippen LogP contribution in [0.25, 0.3) is 0 Å². The molecule has 1 atom stereocenters. The van der Waals surface area contributed by atoms with Crippen molar-refractivity contribution in [2.45, 2.75) is 24.3 Å². The van der Waals surface area contributed by atoms with Crippen LogP contribution in [0, 0.1) is 10.1 Å². The van der Waals surface area contributed by atoms with Gasteiger partial charge in [-0.25, -0.2) is 13.1 Å². The second-order valence-electron chi connectivity index (χ2n) is 4.39. The Hall–Kier alpha value is -1.36. The van der Waals surface area contributed by atoms with E-state index in [-0.39, 0.29) is 22.3 Å². The van der Waals surface area contributed by atoms with Crippen molar-refractivity contribution in [1.82, 2.24) is 4.72 Å². The van der Waals surface area contributed by atoms with Gasteiger partial charge in [0.15, 0.2) is 0 Å². The van der Waals surface area contributed by atoms with Gasteiger partial charge < -0.3 is 5.43 Å². The van der Waals surface area contributed by atoms with Crippen molar-refractivity contribution < 1.29 is 13.3 Å². The van der Waals surface area contributed by atoms with Gasteiger partial charge in [0, 0.05) is 18.2 Å². The van der Waals surface area contributed by atoms with Crippen molar-refractivity contribution in [3.63, 3.8) is 0 Å². The topological polar surface area (TPSA) is 127 Å². The molecule has 0 fully saturated rings. The van der Waals surface area contributed by atoms with Gasteiger partial charge in [0.25, 0.3) is 5.69 Å².